The number of rotatable bonds is 13. The van der Waals surface area contributed by atoms with Gasteiger partial charge in [-0.2, -0.15) is 0 Å². The molecule has 0 saturated carbocycles. The van der Waals surface area contributed by atoms with E-state index >= 15 is 0 Å². The Bertz CT molecular complexity index is 1320. The lowest BCUT2D eigenvalue weighted by molar-refractivity contribution is 0.0325. The van der Waals surface area contributed by atoms with Crippen LogP contribution in [-0.2, 0) is 9.47 Å². The van der Waals surface area contributed by atoms with Gasteiger partial charge in [0, 0.05) is 31.9 Å². The minimum atomic E-state index is -0.814. The smallest absolute Gasteiger partial charge is 0.167 e. The van der Waals surface area contributed by atoms with Crippen LogP contribution in [0.25, 0.3) is 34.2 Å². The molecule has 210 valence electrons. The van der Waals surface area contributed by atoms with Gasteiger partial charge in [-0.25, -0.2) is 15.0 Å². The molecule has 0 aliphatic heterocycles. The van der Waals surface area contributed by atoms with Crippen molar-refractivity contribution in [1.29, 1.82) is 0 Å². The van der Waals surface area contributed by atoms with Crippen LogP contribution in [0.4, 0.5) is 0 Å². The van der Waals surface area contributed by atoms with E-state index in [2.05, 4.69) is 15.0 Å². The van der Waals surface area contributed by atoms with Gasteiger partial charge >= 0.3 is 0 Å². The topological polar surface area (TPSA) is 157 Å². The average Bonchev–Trinajstić information content (AvgIpc) is 2.95. The highest BCUT2D eigenvalue weighted by molar-refractivity contribution is 5.72. The van der Waals surface area contributed by atoms with Gasteiger partial charge in [-0.3, -0.25) is 0 Å². The molecule has 40 heavy (non-hydrogen) atoms. The van der Waals surface area contributed by atoms with Crippen molar-refractivity contribution in [1.82, 2.24) is 15.0 Å². The summed E-state index contributed by atoms with van der Waals surface area (Å²) < 4.78 is 20.9. The Labute approximate surface area is 231 Å². The largest absolute Gasteiger partial charge is 0.507 e. The van der Waals surface area contributed by atoms with Gasteiger partial charge < -0.3 is 39.4 Å². The molecule has 4 aromatic rings. The number of aliphatic hydroxyl groups is 2. The summed E-state index contributed by atoms with van der Waals surface area (Å²) in [4.78, 5) is 13.7. The van der Waals surface area contributed by atoms with E-state index in [-0.39, 0.29) is 49.6 Å². The summed E-state index contributed by atoms with van der Waals surface area (Å²) in [5, 5.41) is 41.3. The molecule has 0 spiro atoms. The van der Waals surface area contributed by atoms with E-state index in [0.717, 1.165) is 0 Å². The fourth-order valence-corrected chi connectivity index (χ4v) is 3.78. The van der Waals surface area contributed by atoms with Gasteiger partial charge in [-0.05, 0) is 24.3 Å². The van der Waals surface area contributed by atoms with Crippen LogP contribution in [0.3, 0.4) is 0 Å². The Morgan fingerprint density at radius 2 is 1.05 bits per heavy atom. The van der Waals surface area contributed by atoms with Gasteiger partial charge in [-0.1, -0.05) is 30.3 Å². The number of aliphatic hydroxyl groups excluding tert-OH is 2. The molecule has 0 fully saturated rings. The molecule has 11 nitrogen and oxygen atoms in total. The number of aromatic hydroxyl groups is 2. The minimum absolute atomic E-state index is 0.00891. The van der Waals surface area contributed by atoms with Crippen LogP contribution in [0, 0.1) is 0 Å². The molecule has 0 radical (unpaired) electrons. The molecule has 0 saturated heterocycles. The molecular formula is C29H31N3O8. The monoisotopic (exact) mass is 549 g/mol. The van der Waals surface area contributed by atoms with Crippen molar-refractivity contribution in [3.63, 3.8) is 0 Å². The number of phenols is 2. The van der Waals surface area contributed by atoms with Crippen molar-refractivity contribution in [3.05, 3.63) is 66.7 Å². The standard InChI is InChI=1S/C29H31N3O8/c1-37-14-19(33)16-39-21-8-10-23(25(35)12-21)28-30-27(18-6-4-3-5-7-18)31-29(32-28)24-11-9-22(13-26(24)36)40-17-20(34)15-38-2/h3-13,19-20,33-36H,14-17H2,1-2H3. The number of aromatic nitrogens is 3. The molecular weight excluding hydrogens is 518 g/mol. The van der Waals surface area contributed by atoms with E-state index < -0.39 is 12.2 Å². The second-order valence-corrected chi connectivity index (χ2v) is 8.87. The lowest BCUT2D eigenvalue weighted by Crippen LogP contribution is -2.22. The average molecular weight is 550 g/mol. The molecule has 1 aromatic heterocycles. The molecule has 0 aliphatic carbocycles. The van der Waals surface area contributed by atoms with Crippen LogP contribution in [0.15, 0.2) is 66.7 Å². The first-order valence-corrected chi connectivity index (χ1v) is 12.5. The number of benzene rings is 3. The highest BCUT2D eigenvalue weighted by atomic mass is 16.5. The SMILES string of the molecule is COCC(O)COc1ccc(-c2nc(-c3ccccc3)nc(-c3ccc(OCC(O)COC)cc3O)n2)c(O)c1. The van der Waals surface area contributed by atoms with Crippen LogP contribution < -0.4 is 9.47 Å². The summed E-state index contributed by atoms with van der Waals surface area (Å²) in [6, 6.07) is 18.5. The molecule has 0 aliphatic rings. The quantitative estimate of drug-likeness (QED) is 0.194. The van der Waals surface area contributed by atoms with Gasteiger partial charge in [0.25, 0.3) is 0 Å². The van der Waals surface area contributed by atoms with Crippen LogP contribution >= 0.6 is 0 Å². The molecule has 11 heteroatoms. The fourth-order valence-electron chi connectivity index (χ4n) is 3.78. The molecule has 3 aromatic carbocycles. The molecule has 4 rings (SSSR count). The van der Waals surface area contributed by atoms with Gasteiger partial charge in [0.2, 0.25) is 0 Å². The van der Waals surface area contributed by atoms with Crippen LogP contribution in [0.5, 0.6) is 23.0 Å². The fraction of sp³-hybridized carbons (Fsp3) is 0.276. The summed E-state index contributed by atoms with van der Waals surface area (Å²) in [7, 11) is 2.96. The zero-order chi connectivity index (χ0) is 28.5. The molecule has 2 unspecified atom stereocenters. The Morgan fingerprint density at radius 3 is 1.48 bits per heavy atom. The van der Waals surface area contributed by atoms with Crippen molar-refractivity contribution in [2.24, 2.45) is 0 Å². The van der Waals surface area contributed by atoms with Crippen molar-refractivity contribution in [3.8, 4) is 57.2 Å². The van der Waals surface area contributed by atoms with Crippen molar-refractivity contribution >= 4 is 0 Å². The molecule has 0 amide bonds. The lowest BCUT2D eigenvalue weighted by Gasteiger charge is -2.14. The first-order chi connectivity index (χ1) is 19.4. The van der Waals surface area contributed by atoms with Crippen LogP contribution in [-0.4, -0.2) is 88.2 Å². The Hall–Kier alpha value is -4.29. The van der Waals surface area contributed by atoms with Crippen LogP contribution in [0.1, 0.15) is 0 Å². The first kappa shape index (κ1) is 28.7. The maximum absolute atomic E-state index is 10.8. The van der Waals surface area contributed by atoms with E-state index in [9.17, 15) is 20.4 Å². The maximum atomic E-state index is 10.8. The van der Waals surface area contributed by atoms with E-state index in [4.69, 9.17) is 18.9 Å². The first-order valence-electron chi connectivity index (χ1n) is 12.5. The number of hydrogen-bond acceptors (Lipinski definition) is 11. The number of phenolic OH excluding ortho intramolecular Hbond substituents is 2. The molecule has 4 N–H and O–H groups in total. The second-order valence-electron chi connectivity index (χ2n) is 8.87. The summed E-state index contributed by atoms with van der Waals surface area (Å²) in [5.41, 5.74) is 1.35. The minimum Gasteiger partial charge on any atom is -0.507 e. The molecule has 1 heterocycles. The number of methoxy groups -OCH3 is 2. The third kappa shape index (κ3) is 7.42. The Balaban J connectivity index is 1.67. The predicted molar refractivity (Wildman–Crippen MR) is 146 cm³/mol. The predicted octanol–water partition coefficient (Wildman–Crippen LogP) is 3.06. The molecule has 2 atom stereocenters. The summed E-state index contributed by atoms with van der Waals surface area (Å²) in [5.74, 6) is 1.10. The van der Waals surface area contributed by atoms with E-state index in [0.29, 0.717) is 34.0 Å². The third-order valence-corrected chi connectivity index (χ3v) is 5.69. The highest BCUT2D eigenvalue weighted by Crippen LogP contribution is 2.35. The number of ether oxygens (including phenoxy) is 4. The highest BCUT2D eigenvalue weighted by Gasteiger charge is 2.18. The third-order valence-electron chi connectivity index (χ3n) is 5.69. The van der Waals surface area contributed by atoms with Crippen molar-refractivity contribution in [2.75, 3.05) is 40.6 Å². The second kappa shape index (κ2) is 13.7. The zero-order valence-corrected chi connectivity index (χ0v) is 22.1. The van der Waals surface area contributed by atoms with E-state index in [1.807, 2.05) is 30.3 Å². The zero-order valence-electron chi connectivity index (χ0n) is 22.1. The Morgan fingerprint density at radius 1 is 0.600 bits per heavy atom. The van der Waals surface area contributed by atoms with Crippen molar-refractivity contribution in [2.45, 2.75) is 12.2 Å². The maximum Gasteiger partial charge on any atom is 0.167 e. The van der Waals surface area contributed by atoms with Gasteiger partial charge in [0.15, 0.2) is 17.5 Å². The summed E-state index contributed by atoms with van der Waals surface area (Å²) in [6.45, 7) is 0.224. The Kier molecular flexibility index (Phi) is 9.81. The van der Waals surface area contributed by atoms with Gasteiger partial charge in [0.1, 0.15) is 48.4 Å². The van der Waals surface area contributed by atoms with Gasteiger partial charge in [0.05, 0.1) is 24.3 Å². The summed E-state index contributed by atoms with van der Waals surface area (Å²) in [6.07, 6.45) is -1.63. The van der Waals surface area contributed by atoms with E-state index in [1.54, 1.807) is 24.3 Å². The van der Waals surface area contributed by atoms with Gasteiger partial charge in [-0.15, -0.1) is 0 Å². The van der Waals surface area contributed by atoms with Crippen molar-refractivity contribution < 1.29 is 39.4 Å². The molecule has 0 bridgehead atoms. The lowest BCUT2D eigenvalue weighted by atomic mass is 10.1. The summed E-state index contributed by atoms with van der Waals surface area (Å²) >= 11 is 0. The van der Waals surface area contributed by atoms with E-state index in [1.165, 1.54) is 26.4 Å². The number of hydrogen-bond donors (Lipinski definition) is 4. The number of nitrogens with zero attached hydrogens (tertiary/aromatic N) is 3. The normalized spacial score (nSPS) is 12.6. The van der Waals surface area contributed by atoms with Crippen LogP contribution in [0.2, 0.25) is 0 Å².